The Bertz CT molecular complexity index is 392. The summed E-state index contributed by atoms with van der Waals surface area (Å²) in [5, 5.41) is 2.68. The molecule has 1 aliphatic carbocycles. The highest BCUT2D eigenvalue weighted by Gasteiger charge is 2.30. The Hall–Kier alpha value is -0.690. The van der Waals surface area contributed by atoms with Crippen LogP contribution in [0, 0.1) is 5.92 Å². The predicted octanol–water partition coefficient (Wildman–Crippen LogP) is -0.398. The van der Waals surface area contributed by atoms with Crippen LogP contribution in [0.25, 0.3) is 0 Å². The largest absolute Gasteiger partial charge is 0.393 e. The number of nitrogens with two attached hydrogens (primary N) is 1. The first-order chi connectivity index (χ1) is 7.29. The molecule has 0 spiro atoms. The highest BCUT2D eigenvalue weighted by atomic mass is 32.2. The number of carbonyl (C=O) groups is 1. The van der Waals surface area contributed by atoms with E-state index in [1.807, 2.05) is 0 Å². The van der Waals surface area contributed by atoms with E-state index in [1.165, 1.54) is 0 Å². The third kappa shape index (κ3) is 4.05. The Balaban J connectivity index is 2.54. The molecular formula is C9H16N2O3S2. The maximum Gasteiger partial charge on any atom is 0.235 e. The van der Waals surface area contributed by atoms with Crippen molar-refractivity contribution in [3.8, 4) is 0 Å². The summed E-state index contributed by atoms with van der Waals surface area (Å²) in [4.78, 5) is 11.8. The second kappa shape index (κ2) is 5.09. The van der Waals surface area contributed by atoms with Gasteiger partial charge in [0, 0.05) is 18.2 Å². The van der Waals surface area contributed by atoms with E-state index in [1.54, 1.807) is 0 Å². The van der Waals surface area contributed by atoms with Crippen molar-refractivity contribution in [3.05, 3.63) is 0 Å². The van der Waals surface area contributed by atoms with Crippen LogP contribution in [-0.4, -0.2) is 37.4 Å². The topological polar surface area (TPSA) is 89.3 Å². The van der Waals surface area contributed by atoms with Gasteiger partial charge in [0.2, 0.25) is 5.91 Å². The maximum atomic E-state index is 11.4. The molecule has 0 bridgehead atoms. The number of thiocarbonyl (C=S) groups is 1. The SMILES string of the molecule is CS(=O)(=O)CC(=O)NC1CCCC1C(N)=S. The van der Waals surface area contributed by atoms with Crippen molar-refractivity contribution in [2.24, 2.45) is 11.7 Å². The average Bonchev–Trinajstić information content (AvgIpc) is 2.47. The molecule has 0 heterocycles. The summed E-state index contributed by atoms with van der Waals surface area (Å²) in [6, 6.07) is -0.105. The molecule has 1 amide bonds. The lowest BCUT2D eigenvalue weighted by Gasteiger charge is -2.19. The highest BCUT2D eigenvalue weighted by molar-refractivity contribution is 7.91. The molecule has 0 aromatic carbocycles. The summed E-state index contributed by atoms with van der Waals surface area (Å²) < 4.78 is 21.8. The van der Waals surface area contributed by atoms with E-state index in [0.29, 0.717) is 4.99 Å². The molecule has 1 saturated carbocycles. The van der Waals surface area contributed by atoms with Crippen LogP contribution >= 0.6 is 12.2 Å². The Morgan fingerprint density at radius 2 is 2.12 bits per heavy atom. The van der Waals surface area contributed by atoms with Crippen molar-refractivity contribution in [1.82, 2.24) is 5.32 Å². The minimum Gasteiger partial charge on any atom is -0.393 e. The van der Waals surface area contributed by atoms with Gasteiger partial charge in [0.25, 0.3) is 0 Å². The van der Waals surface area contributed by atoms with Gasteiger partial charge < -0.3 is 11.1 Å². The molecule has 2 unspecified atom stereocenters. The van der Waals surface area contributed by atoms with Gasteiger partial charge in [0.05, 0.1) is 4.99 Å². The molecule has 0 aliphatic heterocycles. The molecule has 3 N–H and O–H groups in total. The van der Waals surface area contributed by atoms with Crippen LogP contribution in [0.2, 0.25) is 0 Å². The van der Waals surface area contributed by atoms with E-state index in [2.05, 4.69) is 5.32 Å². The van der Waals surface area contributed by atoms with E-state index in [0.717, 1.165) is 25.5 Å². The van der Waals surface area contributed by atoms with E-state index < -0.39 is 21.5 Å². The zero-order chi connectivity index (χ0) is 12.3. The number of nitrogens with one attached hydrogen (secondary N) is 1. The summed E-state index contributed by atoms with van der Waals surface area (Å²) in [6.07, 6.45) is 3.65. The third-order valence-corrected chi connectivity index (χ3v) is 3.71. The zero-order valence-electron chi connectivity index (χ0n) is 9.10. The van der Waals surface area contributed by atoms with Crippen LogP contribution in [0.4, 0.5) is 0 Å². The average molecular weight is 264 g/mol. The molecule has 1 fully saturated rings. The summed E-state index contributed by atoms with van der Waals surface area (Å²) >= 11 is 4.90. The van der Waals surface area contributed by atoms with Crippen molar-refractivity contribution in [3.63, 3.8) is 0 Å². The van der Waals surface area contributed by atoms with Crippen molar-refractivity contribution in [2.45, 2.75) is 25.3 Å². The second-order valence-electron chi connectivity index (χ2n) is 4.18. The van der Waals surface area contributed by atoms with Gasteiger partial charge in [-0.3, -0.25) is 4.79 Å². The van der Waals surface area contributed by atoms with E-state index in [9.17, 15) is 13.2 Å². The summed E-state index contributed by atoms with van der Waals surface area (Å²) in [6.45, 7) is 0. The smallest absolute Gasteiger partial charge is 0.235 e. The van der Waals surface area contributed by atoms with Gasteiger partial charge >= 0.3 is 0 Å². The first-order valence-corrected chi connectivity index (χ1v) is 7.53. The van der Waals surface area contributed by atoms with Gasteiger partial charge in [-0.1, -0.05) is 18.6 Å². The van der Waals surface area contributed by atoms with E-state index >= 15 is 0 Å². The van der Waals surface area contributed by atoms with Gasteiger partial charge in [0.15, 0.2) is 9.84 Å². The van der Waals surface area contributed by atoms with E-state index in [4.69, 9.17) is 18.0 Å². The fourth-order valence-corrected chi connectivity index (χ4v) is 2.80. The fraction of sp³-hybridized carbons (Fsp3) is 0.778. The van der Waals surface area contributed by atoms with Gasteiger partial charge in [-0.15, -0.1) is 0 Å². The monoisotopic (exact) mass is 264 g/mol. The standard InChI is InChI=1S/C9H16N2O3S2/c1-16(13,14)5-8(12)11-7-4-2-3-6(7)9(10)15/h6-7H,2-5H2,1H3,(H2,10,15)(H,11,12). The zero-order valence-corrected chi connectivity index (χ0v) is 10.7. The number of hydrogen-bond acceptors (Lipinski definition) is 4. The number of sulfone groups is 1. The highest BCUT2D eigenvalue weighted by Crippen LogP contribution is 2.25. The molecular weight excluding hydrogens is 248 g/mol. The molecule has 92 valence electrons. The summed E-state index contributed by atoms with van der Waals surface area (Å²) in [5.74, 6) is -0.956. The molecule has 0 radical (unpaired) electrons. The van der Waals surface area contributed by atoms with Crippen molar-refractivity contribution >= 4 is 33.0 Å². The Labute approximate surface area is 101 Å². The van der Waals surface area contributed by atoms with Gasteiger partial charge in [-0.25, -0.2) is 8.42 Å². The molecule has 5 nitrogen and oxygen atoms in total. The van der Waals surface area contributed by atoms with E-state index in [-0.39, 0.29) is 12.0 Å². The van der Waals surface area contributed by atoms with Crippen LogP contribution in [0.5, 0.6) is 0 Å². The number of hydrogen-bond donors (Lipinski definition) is 2. The first-order valence-electron chi connectivity index (χ1n) is 5.06. The number of carbonyl (C=O) groups excluding carboxylic acids is 1. The molecule has 2 atom stereocenters. The van der Waals surface area contributed by atoms with Crippen molar-refractivity contribution < 1.29 is 13.2 Å². The Kier molecular flexibility index (Phi) is 4.26. The predicted molar refractivity (Wildman–Crippen MR) is 65.8 cm³/mol. The lowest BCUT2D eigenvalue weighted by Crippen LogP contribution is -2.43. The molecule has 1 rings (SSSR count). The number of rotatable bonds is 4. The molecule has 16 heavy (non-hydrogen) atoms. The molecule has 7 heteroatoms. The van der Waals surface area contributed by atoms with Crippen LogP contribution in [0.3, 0.4) is 0 Å². The van der Waals surface area contributed by atoms with Crippen molar-refractivity contribution in [1.29, 1.82) is 0 Å². The van der Waals surface area contributed by atoms with Crippen LogP contribution in [0.1, 0.15) is 19.3 Å². The fourth-order valence-electron chi connectivity index (χ4n) is 1.96. The third-order valence-electron chi connectivity index (χ3n) is 2.62. The second-order valence-corrected chi connectivity index (χ2v) is 6.80. The Morgan fingerprint density at radius 1 is 1.50 bits per heavy atom. The lowest BCUT2D eigenvalue weighted by molar-refractivity contribution is -0.119. The maximum absolute atomic E-state index is 11.4. The normalized spacial score (nSPS) is 25.3. The van der Waals surface area contributed by atoms with Gasteiger partial charge in [0.1, 0.15) is 5.75 Å². The molecule has 1 aliphatic rings. The molecule has 0 saturated heterocycles. The van der Waals surface area contributed by atoms with Gasteiger partial charge in [-0.05, 0) is 12.8 Å². The minimum atomic E-state index is -3.28. The molecule has 0 aromatic rings. The van der Waals surface area contributed by atoms with Crippen LogP contribution < -0.4 is 11.1 Å². The van der Waals surface area contributed by atoms with Crippen molar-refractivity contribution in [2.75, 3.05) is 12.0 Å². The molecule has 0 aromatic heterocycles. The van der Waals surface area contributed by atoms with Crippen LogP contribution in [-0.2, 0) is 14.6 Å². The van der Waals surface area contributed by atoms with Gasteiger partial charge in [-0.2, -0.15) is 0 Å². The minimum absolute atomic E-state index is 0.00138. The Morgan fingerprint density at radius 3 is 2.62 bits per heavy atom. The lowest BCUT2D eigenvalue weighted by atomic mass is 10.0. The first kappa shape index (κ1) is 13.4. The van der Waals surface area contributed by atoms with Crippen LogP contribution in [0.15, 0.2) is 0 Å². The number of amides is 1. The quantitative estimate of drug-likeness (QED) is 0.675. The summed E-state index contributed by atoms with van der Waals surface area (Å²) in [7, 11) is -3.28. The summed E-state index contributed by atoms with van der Waals surface area (Å²) in [5.41, 5.74) is 5.55.